The second-order valence-corrected chi connectivity index (χ2v) is 9.12. The molecule has 0 atom stereocenters. The van der Waals surface area contributed by atoms with E-state index in [1.807, 2.05) is 0 Å². The van der Waals surface area contributed by atoms with E-state index in [1.165, 1.54) is 39.8 Å². The number of hydrogen-bond acceptors (Lipinski definition) is 3. The number of hydrogen-bond donors (Lipinski definition) is 2. The molecule has 1 aromatic heterocycles. The summed E-state index contributed by atoms with van der Waals surface area (Å²) >= 11 is 0. The van der Waals surface area contributed by atoms with Crippen LogP contribution >= 0.6 is 0 Å². The van der Waals surface area contributed by atoms with Crippen molar-refractivity contribution < 1.29 is 0 Å². The number of allylic oxidation sites excluding steroid dienone is 1. The van der Waals surface area contributed by atoms with Crippen molar-refractivity contribution in [3.05, 3.63) is 70.4 Å². The van der Waals surface area contributed by atoms with Gasteiger partial charge in [-0.1, -0.05) is 55.8 Å². The molecule has 0 fully saturated rings. The van der Waals surface area contributed by atoms with Gasteiger partial charge in [0.25, 0.3) is 0 Å². The fourth-order valence-electron chi connectivity index (χ4n) is 4.23. The lowest BCUT2D eigenvalue weighted by molar-refractivity contribution is 0.271. The van der Waals surface area contributed by atoms with Crippen LogP contribution in [-0.4, -0.2) is 34.7 Å². The molecule has 2 N–H and O–H groups in total. The Morgan fingerprint density at radius 3 is 2.67 bits per heavy atom. The zero-order valence-corrected chi connectivity index (χ0v) is 21.0. The van der Waals surface area contributed by atoms with Gasteiger partial charge in [0.1, 0.15) is 0 Å². The number of fused-ring (bicyclic) bond motifs is 1. The van der Waals surface area contributed by atoms with Crippen LogP contribution in [0, 0.1) is 6.92 Å². The first-order valence-electron chi connectivity index (χ1n) is 12.4. The van der Waals surface area contributed by atoms with Gasteiger partial charge in [-0.05, 0) is 81.5 Å². The fraction of sp³-hybridized carbons (Fsp3) is 0.414. The van der Waals surface area contributed by atoms with Crippen LogP contribution in [0.1, 0.15) is 69.3 Å². The summed E-state index contributed by atoms with van der Waals surface area (Å²) in [6.45, 7) is 15.2. The number of H-pyrrole nitrogens is 1. The largest absolute Gasteiger partial charge is 0.385 e. The minimum absolute atomic E-state index is 0.978. The molecule has 33 heavy (non-hydrogen) atoms. The average Bonchev–Trinajstić information content (AvgIpc) is 3.21. The van der Waals surface area contributed by atoms with Crippen molar-refractivity contribution in [2.45, 2.75) is 60.4 Å². The highest BCUT2D eigenvalue weighted by molar-refractivity contribution is 5.94. The Balaban J connectivity index is 1.76. The second kappa shape index (κ2) is 12.4. The minimum atomic E-state index is 0.978. The van der Waals surface area contributed by atoms with E-state index in [-0.39, 0.29) is 0 Å². The molecule has 3 rings (SSSR count). The third-order valence-corrected chi connectivity index (χ3v) is 5.91. The molecule has 0 spiro atoms. The van der Waals surface area contributed by atoms with Crippen LogP contribution in [0.5, 0.6) is 0 Å². The second-order valence-electron chi connectivity index (χ2n) is 9.12. The first-order valence-corrected chi connectivity index (χ1v) is 12.4. The Kier molecular flexibility index (Phi) is 9.32. The van der Waals surface area contributed by atoms with E-state index in [4.69, 9.17) is 0 Å². The maximum absolute atomic E-state index is 4.58. The topological polar surface area (TPSA) is 44.0 Å². The summed E-state index contributed by atoms with van der Waals surface area (Å²) < 4.78 is 0. The van der Waals surface area contributed by atoms with Gasteiger partial charge in [0.15, 0.2) is 0 Å². The van der Waals surface area contributed by atoms with Crippen LogP contribution in [0.4, 0.5) is 5.69 Å². The van der Waals surface area contributed by atoms with Gasteiger partial charge in [-0.3, -0.25) is 10.00 Å². The van der Waals surface area contributed by atoms with Gasteiger partial charge in [0, 0.05) is 30.7 Å². The number of aromatic nitrogens is 2. The van der Waals surface area contributed by atoms with Crippen LogP contribution in [0.3, 0.4) is 0 Å². The summed E-state index contributed by atoms with van der Waals surface area (Å²) in [5.41, 5.74) is 8.46. The Hall–Kier alpha value is -2.85. The number of rotatable bonds is 12. The van der Waals surface area contributed by atoms with Crippen molar-refractivity contribution in [1.29, 1.82) is 0 Å². The summed E-state index contributed by atoms with van der Waals surface area (Å²) in [7, 11) is 0. The van der Waals surface area contributed by atoms with Gasteiger partial charge < -0.3 is 5.32 Å². The van der Waals surface area contributed by atoms with Crippen LogP contribution in [-0.2, 0) is 6.54 Å². The van der Waals surface area contributed by atoms with Crippen LogP contribution in [0.2, 0.25) is 0 Å². The molecule has 0 amide bonds. The molecule has 4 nitrogen and oxygen atoms in total. The number of benzene rings is 2. The molecule has 1 heterocycles. The predicted molar refractivity (Wildman–Crippen MR) is 145 cm³/mol. The highest BCUT2D eigenvalue weighted by Gasteiger charge is 2.10. The lowest BCUT2D eigenvalue weighted by Crippen LogP contribution is -2.25. The molecule has 0 radical (unpaired) electrons. The van der Waals surface area contributed by atoms with E-state index in [0.29, 0.717) is 0 Å². The van der Waals surface area contributed by atoms with Gasteiger partial charge in [-0.2, -0.15) is 5.10 Å². The monoisotopic (exact) mass is 444 g/mol. The highest BCUT2D eigenvalue weighted by Crippen LogP contribution is 2.28. The SMILES string of the molecule is CCCNc1ccc2[nH]nc(/C=C/c3cccc(CN(CCC)CCC=C(C)C)c3)c2c1C. The van der Waals surface area contributed by atoms with E-state index >= 15 is 0 Å². The summed E-state index contributed by atoms with van der Waals surface area (Å²) in [6, 6.07) is 13.1. The first kappa shape index (κ1) is 24.8. The summed E-state index contributed by atoms with van der Waals surface area (Å²) in [4.78, 5) is 2.55. The summed E-state index contributed by atoms with van der Waals surface area (Å²) in [5, 5.41) is 12.5. The molecular weight excluding hydrogens is 404 g/mol. The standard InChI is InChI=1S/C29H40N4/c1-6-17-30-26-15-16-28-29(23(26)5)27(31-32-28)14-13-24-11-8-12-25(20-24)21-33(18-7-2)19-9-10-22(3)4/h8,10-16,20,30H,6-7,9,17-19,21H2,1-5H3,(H,31,32)/b14-13+. The molecule has 176 valence electrons. The van der Waals surface area contributed by atoms with Crippen molar-refractivity contribution in [1.82, 2.24) is 15.1 Å². The normalized spacial score (nSPS) is 11.6. The zero-order chi connectivity index (χ0) is 23.6. The van der Waals surface area contributed by atoms with Crippen molar-refractivity contribution in [3.8, 4) is 0 Å². The number of nitrogens with one attached hydrogen (secondary N) is 2. The summed E-state index contributed by atoms with van der Waals surface area (Å²) in [5.74, 6) is 0. The molecule has 0 unspecified atom stereocenters. The molecule has 0 saturated heterocycles. The Bertz CT molecular complexity index is 1090. The molecular formula is C29H40N4. The van der Waals surface area contributed by atoms with Crippen molar-refractivity contribution in [2.75, 3.05) is 25.0 Å². The maximum atomic E-state index is 4.58. The number of aryl methyl sites for hydroxylation is 1. The van der Waals surface area contributed by atoms with E-state index in [0.717, 1.165) is 50.2 Å². The molecule has 4 heteroatoms. The smallest absolute Gasteiger partial charge is 0.0930 e. The average molecular weight is 445 g/mol. The molecule has 0 aliphatic heterocycles. The summed E-state index contributed by atoms with van der Waals surface area (Å²) in [6.07, 6.45) is 10.0. The van der Waals surface area contributed by atoms with Crippen LogP contribution in [0.25, 0.3) is 23.1 Å². The number of aromatic amines is 1. The van der Waals surface area contributed by atoms with Crippen molar-refractivity contribution in [3.63, 3.8) is 0 Å². The van der Waals surface area contributed by atoms with Gasteiger partial charge in [0.2, 0.25) is 0 Å². The molecule has 0 aliphatic rings. The highest BCUT2D eigenvalue weighted by atomic mass is 15.1. The third-order valence-electron chi connectivity index (χ3n) is 5.91. The zero-order valence-electron chi connectivity index (χ0n) is 21.0. The van der Waals surface area contributed by atoms with Gasteiger partial charge in [0.05, 0.1) is 11.2 Å². The third kappa shape index (κ3) is 7.06. The molecule has 0 bridgehead atoms. The molecule has 3 aromatic rings. The van der Waals surface area contributed by atoms with E-state index in [2.05, 4.69) is 110 Å². The minimum Gasteiger partial charge on any atom is -0.385 e. The Morgan fingerprint density at radius 2 is 1.91 bits per heavy atom. The van der Waals surface area contributed by atoms with E-state index in [1.54, 1.807) is 0 Å². The Labute approximate surface area is 199 Å². The first-order chi connectivity index (χ1) is 16.0. The quantitative estimate of drug-likeness (QED) is 0.285. The van der Waals surface area contributed by atoms with E-state index in [9.17, 15) is 0 Å². The van der Waals surface area contributed by atoms with E-state index < -0.39 is 0 Å². The maximum Gasteiger partial charge on any atom is 0.0930 e. The predicted octanol–water partition coefficient (Wildman–Crippen LogP) is 7.43. The van der Waals surface area contributed by atoms with Crippen molar-refractivity contribution in [2.24, 2.45) is 0 Å². The molecule has 0 aliphatic carbocycles. The lowest BCUT2D eigenvalue weighted by Gasteiger charge is -2.21. The van der Waals surface area contributed by atoms with Crippen LogP contribution in [0.15, 0.2) is 48.0 Å². The fourth-order valence-corrected chi connectivity index (χ4v) is 4.23. The molecule has 2 aromatic carbocycles. The lowest BCUT2D eigenvalue weighted by atomic mass is 10.0. The number of anilines is 1. The Morgan fingerprint density at radius 1 is 1.06 bits per heavy atom. The van der Waals surface area contributed by atoms with Gasteiger partial charge in [-0.15, -0.1) is 0 Å². The van der Waals surface area contributed by atoms with Gasteiger partial charge in [-0.25, -0.2) is 0 Å². The van der Waals surface area contributed by atoms with Crippen molar-refractivity contribution >= 4 is 28.7 Å². The number of nitrogens with zero attached hydrogens (tertiary/aromatic N) is 2. The van der Waals surface area contributed by atoms with Gasteiger partial charge >= 0.3 is 0 Å². The van der Waals surface area contributed by atoms with Crippen LogP contribution < -0.4 is 5.32 Å². The molecule has 0 saturated carbocycles.